The van der Waals surface area contributed by atoms with Crippen molar-refractivity contribution in [2.45, 2.75) is 6.42 Å². The van der Waals surface area contributed by atoms with E-state index in [9.17, 15) is 0 Å². The summed E-state index contributed by atoms with van der Waals surface area (Å²) in [5.74, 6) is 0.744. The van der Waals surface area contributed by atoms with Crippen molar-refractivity contribution < 1.29 is 8.83 Å². The van der Waals surface area contributed by atoms with E-state index in [0.717, 1.165) is 95.3 Å². The molecule has 1 aliphatic carbocycles. The Balaban J connectivity index is 0.000000116. The summed E-state index contributed by atoms with van der Waals surface area (Å²) in [7, 11) is 0. The van der Waals surface area contributed by atoms with E-state index in [4.69, 9.17) is 35.4 Å². The lowest BCUT2D eigenvalue weighted by Gasteiger charge is -2.13. The van der Waals surface area contributed by atoms with Crippen molar-refractivity contribution in [3.63, 3.8) is 0 Å². The maximum Gasteiger partial charge on any atom is 0.248 e. The molecule has 1 aliphatic rings. The van der Waals surface area contributed by atoms with Gasteiger partial charge in [0, 0.05) is 32.7 Å². The van der Waals surface area contributed by atoms with E-state index in [2.05, 4.69) is 204 Å². The highest BCUT2D eigenvalue weighted by Crippen LogP contribution is 2.42. The number of aromatic nitrogens is 5. The summed E-state index contributed by atoms with van der Waals surface area (Å²) in [6, 6.07) is 96.8. The van der Waals surface area contributed by atoms with Gasteiger partial charge in [-0.25, -0.2) is 9.97 Å². The Morgan fingerprint density at radius 2 is 0.800 bits per heavy atom. The van der Waals surface area contributed by atoms with Gasteiger partial charge in [-0.3, -0.25) is 4.57 Å². The molecule has 85 heavy (non-hydrogen) atoms. The molecule has 0 aliphatic heterocycles. The average Bonchev–Trinajstić information content (AvgIpc) is 2.01. The molecule has 0 bridgehead atoms. The van der Waals surface area contributed by atoms with Crippen LogP contribution in [-0.2, 0) is 6.42 Å². The number of halogens is 1. The summed E-state index contributed by atoms with van der Waals surface area (Å²) < 4.78 is 14.3. The Morgan fingerprint density at radius 3 is 1.46 bits per heavy atom. The third kappa shape index (κ3) is 8.93. The quantitative estimate of drug-likeness (QED) is 0.171. The number of nitrogens with zero attached hydrogens (tertiary/aromatic N) is 5. The number of hydrogen-bond donors (Lipinski definition) is 0. The van der Waals surface area contributed by atoms with Crippen LogP contribution in [0.4, 0.5) is 0 Å². The van der Waals surface area contributed by atoms with E-state index in [1.165, 1.54) is 54.6 Å². The molecule has 8 heteroatoms. The molecule has 0 amide bonds. The molecular formula is C77H48ClN5O2. The van der Waals surface area contributed by atoms with Crippen molar-refractivity contribution in [1.29, 1.82) is 0 Å². The van der Waals surface area contributed by atoms with Crippen LogP contribution in [0.2, 0.25) is 5.15 Å². The second kappa shape index (κ2) is 20.8. The highest BCUT2D eigenvalue weighted by atomic mass is 35.5. The summed E-state index contributed by atoms with van der Waals surface area (Å²) in [5, 5.41) is 9.66. The molecule has 18 rings (SSSR count). The van der Waals surface area contributed by atoms with Gasteiger partial charge in [0.2, 0.25) is 11.4 Å². The molecule has 12 aromatic carbocycles. The summed E-state index contributed by atoms with van der Waals surface area (Å²) in [4.78, 5) is 19.8. The van der Waals surface area contributed by atoms with E-state index in [0.29, 0.717) is 22.3 Å². The number of benzene rings is 12. The van der Waals surface area contributed by atoms with Crippen LogP contribution in [0.25, 0.3) is 149 Å². The fourth-order valence-corrected chi connectivity index (χ4v) is 12.4. The fourth-order valence-electron chi connectivity index (χ4n) is 12.2. The first-order chi connectivity index (χ1) is 42.0. The maximum atomic E-state index is 6.43. The Labute approximate surface area is 493 Å². The molecule has 5 heterocycles. The molecule has 400 valence electrons. The lowest BCUT2D eigenvalue weighted by Crippen LogP contribution is -2.03. The molecule has 5 aromatic heterocycles. The van der Waals surface area contributed by atoms with E-state index < -0.39 is 0 Å². The third-order valence-electron chi connectivity index (χ3n) is 16.3. The number of furan rings is 2. The van der Waals surface area contributed by atoms with Crippen LogP contribution in [0, 0.1) is 0 Å². The van der Waals surface area contributed by atoms with Gasteiger partial charge >= 0.3 is 0 Å². The summed E-state index contributed by atoms with van der Waals surface area (Å²) >= 11 is 6.43. The zero-order chi connectivity index (χ0) is 56.4. The number of para-hydroxylation sites is 3. The largest absolute Gasteiger partial charge is 0.436 e. The molecule has 0 spiro atoms. The molecular weight excluding hydrogens is 1060 g/mol. The molecule has 0 saturated heterocycles. The fraction of sp³-hybridized carbons (Fsp3) is 0.0130. The van der Waals surface area contributed by atoms with Crippen LogP contribution in [0.1, 0.15) is 11.1 Å². The van der Waals surface area contributed by atoms with Gasteiger partial charge in [0.1, 0.15) is 33.6 Å². The molecule has 0 fully saturated rings. The van der Waals surface area contributed by atoms with Gasteiger partial charge in [0.25, 0.3) is 0 Å². The predicted molar refractivity (Wildman–Crippen MR) is 349 cm³/mol. The van der Waals surface area contributed by atoms with Crippen molar-refractivity contribution in [2.24, 2.45) is 0 Å². The van der Waals surface area contributed by atoms with Gasteiger partial charge in [-0.05, 0) is 133 Å². The lowest BCUT2D eigenvalue weighted by atomic mass is 10.0. The maximum absolute atomic E-state index is 6.43. The first-order valence-electron chi connectivity index (χ1n) is 28.4. The van der Waals surface area contributed by atoms with Gasteiger partial charge in [-0.2, -0.15) is 9.97 Å². The van der Waals surface area contributed by atoms with Gasteiger partial charge in [0.05, 0.1) is 11.0 Å². The highest BCUT2D eigenvalue weighted by molar-refractivity contribution is 6.32. The zero-order valence-corrected chi connectivity index (χ0v) is 46.5. The van der Waals surface area contributed by atoms with Crippen LogP contribution in [0.3, 0.4) is 0 Å². The standard InChI is InChI=1S/C38H23N3O.C22H13ClN2O.C17H12/c1-2-11-24(12-3-1)25-15-10-16-28(21-25)35-37(40-38-36(39-35)30-18-7-9-20-34(30)42-38)41-32-19-8-6-17-29(32)31-22-26-13-4-5-14-27(26)23-33(31)41;23-21-19(16-10-6-9-15(13-16)14-7-2-1-3-8-14)24-20-17-11-4-5-12-18(17)26-22(20)25-21;1-2-6-13-11-17-15(9-12(13)5-1)10-14-7-3-4-8-16(14)17/h1-23H;1-13H;1-9,11H,10H2. The molecule has 7 nitrogen and oxygen atoms in total. The zero-order valence-electron chi connectivity index (χ0n) is 45.7. The van der Waals surface area contributed by atoms with E-state index in [1.807, 2.05) is 84.9 Å². The van der Waals surface area contributed by atoms with Crippen molar-refractivity contribution >= 4 is 99.4 Å². The Kier molecular flexibility index (Phi) is 12.2. The Hall–Kier alpha value is -11.0. The second-order valence-corrected chi connectivity index (χ2v) is 21.8. The minimum Gasteiger partial charge on any atom is -0.436 e. The lowest BCUT2D eigenvalue weighted by molar-refractivity contribution is 0.651. The smallest absolute Gasteiger partial charge is 0.248 e. The molecule has 0 radical (unpaired) electrons. The van der Waals surface area contributed by atoms with Crippen molar-refractivity contribution in [2.75, 3.05) is 0 Å². The van der Waals surface area contributed by atoms with Crippen molar-refractivity contribution in [3.05, 3.63) is 295 Å². The van der Waals surface area contributed by atoms with Crippen LogP contribution in [0.15, 0.2) is 288 Å². The number of fused-ring (bicyclic) bond motifs is 14. The van der Waals surface area contributed by atoms with Crippen molar-refractivity contribution in [1.82, 2.24) is 24.5 Å². The predicted octanol–water partition coefficient (Wildman–Crippen LogP) is 20.7. The Morgan fingerprint density at radius 1 is 0.318 bits per heavy atom. The van der Waals surface area contributed by atoms with Gasteiger partial charge in [-0.15, -0.1) is 0 Å². The summed E-state index contributed by atoms with van der Waals surface area (Å²) in [5.41, 5.74) is 19.9. The highest BCUT2D eigenvalue weighted by Gasteiger charge is 2.23. The summed E-state index contributed by atoms with van der Waals surface area (Å²) in [6.07, 6.45) is 1.08. The molecule has 0 unspecified atom stereocenters. The van der Waals surface area contributed by atoms with Crippen LogP contribution < -0.4 is 0 Å². The first kappa shape index (κ1) is 49.8. The van der Waals surface area contributed by atoms with Crippen molar-refractivity contribution in [3.8, 4) is 61.7 Å². The minimum absolute atomic E-state index is 0.335. The molecule has 17 aromatic rings. The molecule has 0 N–H and O–H groups in total. The topological polar surface area (TPSA) is 82.8 Å². The average molecular weight is 1110 g/mol. The third-order valence-corrected chi connectivity index (χ3v) is 16.5. The number of hydrogen-bond acceptors (Lipinski definition) is 6. The van der Waals surface area contributed by atoms with E-state index in [-0.39, 0.29) is 0 Å². The van der Waals surface area contributed by atoms with Crippen LogP contribution in [0.5, 0.6) is 0 Å². The minimum atomic E-state index is 0.335. The normalized spacial score (nSPS) is 11.8. The molecule has 0 saturated carbocycles. The van der Waals surface area contributed by atoms with E-state index >= 15 is 0 Å². The molecule has 0 atom stereocenters. The Bertz CT molecular complexity index is 5440. The van der Waals surface area contributed by atoms with Crippen LogP contribution in [-0.4, -0.2) is 24.5 Å². The van der Waals surface area contributed by atoms with E-state index in [1.54, 1.807) is 0 Å². The van der Waals surface area contributed by atoms with Gasteiger partial charge < -0.3 is 8.83 Å². The first-order valence-corrected chi connectivity index (χ1v) is 28.8. The summed E-state index contributed by atoms with van der Waals surface area (Å²) in [6.45, 7) is 0. The van der Waals surface area contributed by atoms with Gasteiger partial charge in [0.15, 0.2) is 11.0 Å². The monoisotopic (exact) mass is 1110 g/mol. The SMILES string of the molecule is Clc1nc2oc3ccccc3c2nc1-c1cccc(-c2ccccc2)c1.c1ccc(-c2cccc(-c3nc4c(nc3-n3c5ccccc5c5cc6ccccc6cc53)oc3ccccc34)c2)cc1.c1ccc2c(c1)Cc1cc3ccccc3cc1-2. The second-order valence-electron chi connectivity index (χ2n) is 21.4. The van der Waals surface area contributed by atoms with Gasteiger partial charge in [-0.1, -0.05) is 230 Å². The van der Waals surface area contributed by atoms with Crippen LogP contribution >= 0.6 is 11.6 Å². The number of rotatable bonds is 5.